The number of nitrogens with one attached hydrogen (secondary N) is 1. The van der Waals surface area contributed by atoms with Crippen LogP contribution in [0.25, 0.3) is 0 Å². The first-order chi connectivity index (χ1) is 8.70. The van der Waals surface area contributed by atoms with E-state index in [2.05, 4.69) is 34.8 Å². The number of aromatic nitrogens is 2. The van der Waals surface area contributed by atoms with E-state index >= 15 is 0 Å². The fraction of sp³-hybridized carbons (Fsp3) is 0.714. The molecule has 1 aromatic rings. The lowest BCUT2D eigenvalue weighted by molar-refractivity contribution is 0.675. The zero-order chi connectivity index (χ0) is 12.7. The minimum absolute atomic E-state index is 0.606. The van der Waals surface area contributed by atoms with Crippen LogP contribution < -0.4 is 5.32 Å². The predicted molar refractivity (Wildman–Crippen MR) is 82.0 cm³/mol. The van der Waals surface area contributed by atoms with Gasteiger partial charge in [0, 0.05) is 18.9 Å². The first-order valence-corrected chi connectivity index (χ1v) is 8.03. The zero-order valence-electron chi connectivity index (χ0n) is 11.0. The Kier molecular flexibility index (Phi) is 3.47. The summed E-state index contributed by atoms with van der Waals surface area (Å²) in [5, 5.41) is 3.24. The molecule has 0 aromatic carbocycles. The van der Waals surface area contributed by atoms with E-state index in [1.54, 1.807) is 0 Å². The minimum Gasteiger partial charge on any atom is -0.372 e. The molecule has 0 amide bonds. The predicted octanol–water partition coefficient (Wildman–Crippen LogP) is 3.90. The van der Waals surface area contributed by atoms with Gasteiger partial charge in [-0.05, 0) is 47.8 Å². The first kappa shape index (κ1) is 12.6. The Morgan fingerprint density at radius 2 is 1.89 bits per heavy atom. The number of hydrogen-bond donors (Lipinski definition) is 1. The van der Waals surface area contributed by atoms with E-state index in [-0.39, 0.29) is 0 Å². The second-order valence-corrected chi connectivity index (χ2v) is 6.76. The standard InChI is InChI=1S/C14H20IN3/c1-8-7-10(8)13-17-12(9-5-3-4-6-9)11(15)14(16-2)18-13/h8-10H,3-7H2,1-2H3,(H,16,17,18). The molecule has 2 saturated carbocycles. The van der Waals surface area contributed by atoms with Crippen molar-refractivity contribution in [2.24, 2.45) is 5.92 Å². The summed E-state index contributed by atoms with van der Waals surface area (Å²) in [4.78, 5) is 9.62. The Balaban J connectivity index is 1.99. The summed E-state index contributed by atoms with van der Waals surface area (Å²) in [5.41, 5.74) is 1.31. The summed E-state index contributed by atoms with van der Waals surface area (Å²) in [6.45, 7) is 2.29. The van der Waals surface area contributed by atoms with Gasteiger partial charge in [0.1, 0.15) is 11.6 Å². The lowest BCUT2D eigenvalue weighted by Crippen LogP contribution is -2.09. The van der Waals surface area contributed by atoms with E-state index in [0.29, 0.717) is 11.8 Å². The molecule has 2 aliphatic carbocycles. The van der Waals surface area contributed by atoms with Crippen LogP contribution >= 0.6 is 22.6 Å². The topological polar surface area (TPSA) is 37.8 Å². The molecule has 2 fully saturated rings. The van der Waals surface area contributed by atoms with Crippen molar-refractivity contribution in [3.05, 3.63) is 15.1 Å². The van der Waals surface area contributed by atoms with Crippen molar-refractivity contribution in [1.82, 2.24) is 9.97 Å². The third kappa shape index (κ3) is 2.24. The van der Waals surface area contributed by atoms with Gasteiger partial charge in [0.2, 0.25) is 0 Å². The highest BCUT2D eigenvalue weighted by molar-refractivity contribution is 14.1. The average molecular weight is 357 g/mol. The molecule has 2 unspecified atom stereocenters. The van der Waals surface area contributed by atoms with E-state index in [1.807, 2.05) is 7.05 Å². The maximum absolute atomic E-state index is 4.92. The Morgan fingerprint density at radius 1 is 1.22 bits per heavy atom. The number of rotatable bonds is 3. The number of halogens is 1. The summed E-state index contributed by atoms with van der Waals surface area (Å²) in [6.07, 6.45) is 6.57. The minimum atomic E-state index is 0.606. The van der Waals surface area contributed by atoms with Gasteiger partial charge in [-0.25, -0.2) is 9.97 Å². The fourth-order valence-electron chi connectivity index (χ4n) is 2.97. The molecule has 1 N–H and O–H groups in total. The highest BCUT2D eigenvalue weighted by Gasteiger charge is 2.38. The first-order valence-electron chi connectivity index (χ1n) is 6.95. The smallest absolute Gasteiger partial charge is 0.143 e. The van der Waals surface area contributed by atoms with Gasteiger partial charge < -0.3 is 5.32 Å². The Morgan fingerprint density at radius 3 is 2.44 bits per heavy atom. The summed E-state index contributed by atoms with van der Waals surface area (Å²) in [5.74, 6) is 4.15. The molecule has 18 heavy (non-hydrogen) atoms. The van der Waals surface area contributed by atoms with Gasteiger partial charge in [0.25, 0.3) is 0 Å². The van der Waals surface area contributed by atoms with Gasteiger partial charge in [-0.3, -0.25) is 0 Å². The number of hydrogen-bond acceptors (Lipinski definition) is 3. The van der Waals surface area contributed by atoms with Crippen LogP contribution in [-0.2, 0) is 0 Å². The molecule has 0 aliphatic heterocycles. The van der Waals surface area contributed by atoms with Gasteiger partial charge in [0.15, 0.2) is 0 Å². The van der Waals surface area contributed by atoms with Crippen LogP contribution in [0.4, 0.5) is 5.82 Å². The van der Waals surface area contributed by atoms with E-state index in [1.165, 1.54) is 41.4 Å². The summed E-state index contributed by atoms with van der Waals surface area (Å²) >= 11 is 2.41. The monoisotopic (exact) mass is 357 g/mol. The second kappa shape index (κ2) is 4.94. The Bertz CT molecular complexity index is 455. The number of anilines is 1. The molecule has 3 nitrogen and oxygen atoms in total. The van der Waals surface area contributed by atoms with Crippen molar-refractivity contribution in [3.63, 3.8) is 0 Å². The molecule has 0 spiro atoms. The van der Waals surface area contributed by atoms with E-state index in [4.69, 9.17) is 9.97 Å². The molecule has 0 saturated heterocycles. The molecular weight excluding hydrogens is 337 g/mol. The fourth-order valence-corrected chi connectivity index (χ4v) is 3.92. The van der Waals surface area contributed by atoms with E-state index in [9.17, 15) is 0 Å². The van der Waals surface area contributed by atoms with Crippen molar-refractivity contribution in [2.45, 2.75) is 50.9 Å². The molecule has 0 bridgehead atoms. The summed E-state index contributed by atoms with van der Waals surface area (Å²) in [6, 6.07) is 0. The highest BCUT2D eigenvalue weighted by atomic mass is 127. The van der Waals surface area contributed by atoms with Gasteiger partial charge in [0.05, 0.1) is 9.26 Å². The third-order valence-corrected chi connectivity index (χ3v) is 5.38. The Labute approximate surface area is 122 Å². The van der Waals surface area contributed by atoms with Crippen LogP contribution in [0.15, 0.2) is 0 Å². The van der Waals surface area contributed by atoms with Crippen LogP contribution in [0.1, 0.15) is 62.4 Å². The molecule has 1 heterocycles. The van der Waals surface area contributed by atoms with E-state index < -0.39 is 0 Å². The molecular formula is C14H20IN3. The van der Waals surface area contributed by atoms with Crippen LogP contribution in [0.5, 0.6) is 0 Å². The molecule has 98 valence electrons. The van der Waals surface area contributed by atoms with Crippen molar-refractivity contribution < 1.29 is 0 Å². The zero-order valence-corrected chi connectivity index (χ0v) is 13.2. The van der Waals surface area contributed by atoms with Gasteiger partial charge in [-0.15, -0.1) is 0 Å². The second-order valence-electron chi connectivity index (χ2n) is 5.68. The maximum Gasteiger partial charge on any atom is 0.143 e. The van der Waals surface area contributed by atoms with Gasteiger partial charge in [-0.2, -0.15) is 0 Å². The van der Waals surface area contributed by atoms with Crippen LogP contribution in [0, 0.1) is 9.49 Å². The lowest BCUT2D eigenvalue weighted by Gasteiger charge is -2.15. The number of nitrogens with zero attached hydrogens (tertiary/aromatic N) is 2. The molecule has 2 atom stereocenters. The summed E-state index contributed by atoms with van der Waals surface area (Å²) in [7, 11) is 1.96. The largest absolute Gasteiger partial charge is 0.372 e. The normalized spacial score (nSPS) is 27.5. The molecule has 1 aromatic heterocycles. The van der Waals surface area contributed by atoms with Crippen molar-refractivity contribution in [1.29, 1.82) is 0 Å². The average Bonchev–Trinajstić information content (AvgIpc) is 2.90. The molecule has 3 rings (SSSR count). The quantitative estimate of drug-likeness (QED) is 0.834. The SMILES string of the molecule is CNc1nc(C2CC2C)nc(C2CCCC2)c1I. The van der Waals surface area contributed by atoms with E-state index in [0.717, 1.165) is 17.6 Å². The van der Waals surface area contributed by atoms with Crippen molar-refractivity contribution >= 4 is 28.4 Å². The maximum atomic E-state index is 4.92. The summed E-state index contributed by atoms with van der Waals surface area (Å²) < 4.78 is 1.24. The molecule has 0 radical (unpaired) electrons. The third-order valence-electron chi connectivity index (χ3n) is 4.31. The highest BCUT2D eigenvalue weighted by Crippen LogP contribution is 2.47. The van der Waals surface area contributed by atoms with Crippen LogP contribution in [-0.4, -0.2) is 17.0 Å². The van der Waals surface area contributed by atoms with Gasteiger partial charge >= 0.3 is 0 Å². The Hall–Kier alpha value is -0.390. The van der Waals surface area contributed by atoms with Crippen LogP contribution in [0.3, 0.4) is 0 Å². The molecule has 2 aliphatic rings. The lowest BCUT2D eigenvalue weighted by atomic mass is 10.0. The van der Waals surface area contributed by atoms with Crippen molar-refractivity contribution in [2.75, 3.05) is 12.4 Å². The molecule has 4 heteroatoms. The van der Waals surface area contributed by atoms with Crippen LogP contribution in [0.2, 0.25) is 0 Å². The van der Waals surface area contributed by atoms with Crippen molar-refractivity contribution in [3.8, 4) is 0 Å². The van der Waals surface area contributed by atoms with Gasteiger partial charge in [-0.1, -0.05) is 19.8 Å².